The fraction of sp³-hybridized carbons (Fsp3) is 0.579. The highest BCUT2D eigenvalue weighted by Gasteiger charge is 2.25. The molecule has 1 fully saturated rings. The first-order valence-electron chi connectivity index (χ1n) is 9.30. The number of hydrogen-bond donors (Lipinski definition) is 1. The van der Waals surface area contributed by atoms with Crippen molar-refractivity contribution in [2.75, 3.05) is 20.2 Å². The first kappa shape index (κ1) is 18.8. The zero-order valence-corrected chi connectivity index (χ0v) is 15.3. The molecule has 2 aromatic rings. The molecule has 1 saturated heterocycles. The summed E-state index contributed by atoms with van der Waals surface area (Å²) in [6, 6.07) is 6.29. The van der Waals surface area contributed by atoms with Gasteiger partial charge in [-0.05, 0) is 45.0 Å². The van der Waals surface area contributed by atoms with Gasteiger partial charge in [0.1, 0.15) is 24.0 Å². The maximum absolute atomic E-state index is 13.3. The van der Waals surface area contributed by atoms with Gasteiger partial charge in [0.25, 0.3) is 0 Å². The number of benzene rings is 1. The van der Waals surface area contributed by atoms with Crippen LogP contribution >= 0.6 is 0 Å². The highest BCUT2D eigenvalue weighted by atomic mass is 19.1. The van der Waals surface area contributed by atoms with Crippen molar-refractivity contribution >= 4 is 0 Å². The Bertz CT molecular complexity index is 707. The van der Waals surface area contributed by atoms with E-state index in [4.69, 9.17) is 9.72 Å². The van der Waals surface area contributed by atoms with Crippen LogP contribution in [0.15, 0.2) is 24.3 Å². The summed E-state index contributed by atoms with van der Waals surface area (Å²) in [4.78, 5) is 7.06. The number of aromatic nitrogens is 3. The van der Waals surface area contributed by atoms with Gasteiger partial charge in [-0.2, -0.15) is 5.10 Å². The van der Waals surface area contributed by atoms with E-state index in [1.807, 2.05) is 4.68 Å². The van der Waals surface area contributed by atoms with Crippen LogP contribution in [0.3, 0.4) is 0 Å². The van der Waals surface area contributed by atoms with E-state index in [9.17, 15) is 9.50 Å². The second-order valence-corrected chi connectivity index (χ2v) is 6.78. The van der Waals surface area contributed by atoms with E-state index in [0.29, 0.717) is 24.5 Å². The highest BCUT2D eigenvalue weighted by Crippen LogP contribution is 2.28. The third-order valence-electron chi connectivity index (χ3n) is 4.75. The van der Waals surface area contributed by atoms with Crippen LogP contribution in [-0.2, 0) is 13.2 Å². The van der Waals surface area contributed by atoms with Gasteiger partial charge in [0, 0.05) is 19.2 Å². The molecule has 0 bridgehead atoms. The Balaban J connectivity index is 1.76. The van der Waals surface area contributed by atoms with Crippen molar-refractivity contribution < 1.29 is 14.2 Å². The third kappa shape index (κ3) is 4.80. The Morgan fingerprint density at radius 2 is 2.19 bits per heavy atom. The van der Waals surface area contributed by atoms with E-state index in [0.717, 1.165) is 18.8 Å². The minimum atomic E-state index is -0.329. The smallest absolute Gasteiger partial charge is 0.188 e. The minimum Gasteiger partial charge on any atom is -0.485 e. The first-order chi connectivity index (χ1) is 12.7. The lowest BCUT2D eigenvalue weighted by Crippen LogP contribution is -2.27. The summed E-state index contributed by atoms with van der Waals surface area (Å²) in [5, 5.41) is 13.8. The molecule has 0 saturated carbocycles. The van der Waals surface area contributed by atoms with Gasteiger partial charge in [-0.15, -0.1) is 0 Å². The number of nitrogens with zero attached hydrogens (tertiary/aromatic N) is 4. The summed E-state index contributed by atoms with van der Waals surface area (Å²) in [5.41, 5.74) is 0. The van der Waals surface area contributed by atoms with Gasteiger partial charge in [-0.3, -0.25) is 4.90 Å². The second kappa shape index (κ2) is 9.09. The van der Waals surface area contributed by atoms with Gasteiger partial charge in [-0.1, -0.05) is 18.9 Å². The molecule has 1 aromatic carbocycles. The topological polar surface area (TPSA) is 63.4 Å². The molecule has 26 heavy (non-hydrogen) atoms. The average Bonchev–Trinajstić information content (AvgIpc) is 2.91. The van der Waals surface area contributed by atoms with Crippen molar-refractivity contribution in [3.05, 3.63) is 41.7 Å². The van der Waals surface area contributed by atoms with E-state index in [2.05, 4.69) is 17.0 Å². The van der Waals surface area contributed by atoms with Crippen molar-refractivity contribution in [3.8, 4) is 5.75 Å². The fourth-order valence-corrected chi connectivity index (χ4v) is 3.38. The maximum Gasteiger partial charge on any atom is 0.188 e. The molecule has 0 aliphatic carbocycles. The second-order valence-electron chi connectivity index (χ2n) is 6.78. The Labute approximate surface area is 153 Å². The van der Waals surface area contributed by atoms with E-state index in [-0.39, 0.29) is 25.1 Å². The average molecular weight is 362 g/mol. The van der Waals surface area contributed by atoms with E-state index in [1.165, 1.54) is 31.4 Å². The predicted octanol–water partition coefficient (Wildman–Crippen LogP) is 2.93. The number of rotatable bonds is 7. The van der Waals surface area contributed by atoms with Gasteiger partial charge in [-0.25, -0.2) is 14.1 Å². The van der Waals surface area contributed by atoms with Crippen molar-refractivity contribution in [1.29, 1.82) is 0 Å². The predicted molar refractivity (Wildman–Crippen MR) is 96.3 cm³/mol. The number of likely N-dealkylation sites (tertiary alicyclic amines) is 1. The largest absolute Gasteiger partial charge is 0.485 e. The van der Waals surface area contributed by atoms with Gasteiger partial charge >= 0.3 is 0 Å². The van der Waals surface area contributed by atoms with Crippen molar-refractivity contribution in [2.24, 2.45) is 0 Å². The lowest BCUT2D eigenvalue weighted by molar-refractivity contribution is 0.228. The lowest BCUT2D eigenvalue weighted by Gasteiger charge is -2.25. The van der Waals surface area contributed by atoms with Gasteiger partial charge in [0.2, 0.25) is 0 Å². The number of aliphatic hydroxyl groups excluding tert-OH is 1. The molecule has 0 radical (unpaired) electrons. The summed E-state index contributed by atoms with van der Waals surface area (Å²) in [5.74, 6) is 1.65. The fourth-order valence-electron chi connectivity index (χ4n) is 3.38. The quantitative estimate of drug-likeness (QED) is 0.820. The number of halogens is 1. The molecule has 142 valence electrons. The van der Waals surface area contributed by atoms with Gasteiger partial charge < -0.3 is 9.84 Å². The number of aryl methyl sites for hydroxylation is 1. The number of ether oxygens (including phenoxy) is 1. The van der Waals surface area contributed by atoms with Crippen molar-refractivity contribution in [2.45, 2.75) is 51.3 Å². The van der Waals surface area contributed by atoms with Crippen LogP contribution in [0.2, 0.25) is 0 Å². The molecule has 6 nitrogen and oxygen atoms in total. The normalized spacial score (nSPS) is 18.7. The van der Waals surface area contributed by atoms with Crippen molar-refractivity contribution in [1.82, 2.24) is 19.7 Å². The monoisotopic (exact) mass is 362 g/mol. The molecule has 1 aliphatic rings. The molecule has 0 spiro atoms. The molecule has 0 unspecified atom stereocenters. The van der Waals surface area contributed by atoms with Crippen LogP contribution in [0.25, 0.3) is 0 Å². The van der Waals surface area contributed by atoms with Gasteiger partial charge in [0.05, 0.1) is 6.04 Å². The molecule has 1 aromatic heterocycles. The van der Waals surface area contributed by atoms with E-state index in [1.54, 1.807) is 12.1 Å². The molecule has 1 aliphatic heterocycles. The van der Waals surface area contributed by atoms with Crippen LogP contribution in [0.4, 0.5) is 4.39 Å². The van der Waals surface area contributed by atoms with Crippen LogP contribution in [-0.4, -0.2) is 45.0 Å². The first-order valence-corrected chi connectivity index (χ1v) is 9.30. The summed E-state index contributed by atoms with van der Waals surface area (Å²) >= 11 is 0. The highest BCUT2D eigenvalue weighted by molar-refractivity contribution is 5.22. The Kier molecular flexibility index (Phi) is 6.57. The molecular weight excluding hydrogens is 335 g/mol. The van der Waals surface area contributed by atoms with Gasteiger partial charge in [0.15, 0.2) is 5.82 Å². The maximum atomic E-state index is 13.3. The van der Waals surface area contributed by atoms with E-state index < -0.39 is 0 Å². The summed E-state index contributed by atoms with van der Waals surface area (Å²) in [6.45, 7) is 1.99. The SMILES string of the molecule is CN1CCCCC[C@H]1c1nc(COc2cccc(F)c2)nn1CCCO. The molecule has 7 heteroatoms. The minimum absolute atomic E-state index is 0.120. The van der Waals surface area contributed by atoms with E-state index >= 15 is 0 Å². The van der Waals surface area contributed by atoms with Crippen LogP contribution in [0.5, 0.6) is 5.75 Å². The summed E-state index contributed by atoms with van der Waals surface area (Å²) < 4.78 is 20.8. The van der Waals surface area contributed by atoms with Crippen LogP contribution in [0, 0.1) is 5.82 Å². The molecule has 0 amide bonds. The Morgan fingerprint density at radius 3 is 3.00 bits per heavy atom. The molecule has 1 N–H and O–H groups in total. The van der Waals surface area contributed by atoms with Crippen LogP contribution < -0.4 is 4.74 Å². The standard InChI is InChI=1S/C19H27FN4O2/c1-23-10-4-2-3-9-17(23)19-21-18(22-24(19)11-6-12-25)14-26-16-8-5-7-15(20)13-16/h5,7-8,13,17,25H,2-4,6,9-12,14H2,1H3/t17-/m0/s1. The van der Waals surface area contributed by atoms with Crippen molar-refractivity contribution in [3.63, 3.8) is 0 Å². The molecular formula is C19H27FN4O2. The summed E-state index contributed by atoms with van der Waals surface area (Å²) in [6.07, 6.45) is 5.31. The number of hydrogen-bond acceptors (Lipinski definition) is 5. The third-order valence-corrected chi connectivity index (χ3v) is 4.75. The molecule has 2 heterocycles. The zero-order valence-electron chi connectivity index (χ0n) is 15.3. The Morgan fingerprint density at radius 1 is 1.31 bits per heavy atom. The molecule has 1 atom stereocenters. The molecule has 3 rings (SSSR count). The lowest BCUT2D eigenvalue weighted by atomic mass is 10.1. The Hall–Kier alpha value is -1.99. The van der Waals surface area contributed by atoms with Crippen LogP contribution in [0.1, 0.15) is 49.8 Å². The zero-order chi connectivity index (χ0) is 18.4. The number of aliphatic hydroxyl groups is 1. The summed E-state index contributed by atoms with van der Waals surface area (Å²) in [7, 11) is 2.13.